The lowest BCUT2D eigenvalue weighted by molar-refractivity contribution is -0.175. The Hall–Kier alpha value is -4.66. The number of rotatable bonds is 15. The third kappa shape index (κ3) is 11.9. The van der Waals surface area contributed by atoms with Gasteiger partial charge in [0.05, 0.1) is 18.5 Å². The van der Waals surface area contributed by atoms with Gasteiger partial charge in [0.2, 0.25) is 23.6 Å². The first-order valence-corrected chi connectivity index (χ1v) is 13.6. The molecular weight excluding hydrogens is 587 g/mol. The van der Waals surface area contributed by atoms with Crippen molar-refractivity contribution in [3.05, 3.63) is 65.7 Å². The van der Waals surface area contributed by atoms with Gasteiger partial charge in [0.25, 0.3) is 0 Å². The van der Waals surface area contributed by atoms with Gasteiger partial charge in [0, 0.05) is 6.42 Å². The summed E-state index contributed by atoms with van der Waals surface area (Å²) in [6.45, 7) is 1.52. The lowest BCUT2D eigenvalue weighted by Gasteiger charge is -2.24. The smallest absolute Gasteiger partial charge is 0.391 e. The number of amides is 4. The lowest BCUT2D eigenvalue weighted by Crippen LogP contribution is -2.55. The Kier molecular flexibility index (Phi) is 13.1. The van der Waals surface area contributed by atoms with Crippen LogP contribution in [0.5, 0.6) is 5.75 Å². The molecule has 2 aromatic carbocycles. The first-order valence-electron chi connectivity index (χ1n) is 13.6. The molecule has 0 aliphatic rings. The molecule has 0 aliphatic carbocycles. The van der Waals surface area contributed by atoms with Gasteiger partial charge in [-0.15, -0.1) is 0 Å². The highest BCUT2D eigenvalue weighted by molar-refractivity contribution is 5.94. The molecule has 240 valence electrons. The van der Waals surface area contributed by atoms with Crippen LogP contribution in [0.3, 0.4) is 0 Å². The predicted molar refractivity (Wildman–Crippen MR) is 152 cm³/mol. The maximum atomic E-state index is 13.0. The fourth-order valence-electron chi connectivity index (χ4n) is 3.97. The van der Waals surface area contributed by atoms with E-state index < -0.39 is 78.8 Å². The van der Waals surface area contributed by atoms with Crippen molar-refractivity contribution in [1.82, 2.24) is 21.3 Å². The van der Waals surface area contributed by atoms with E-state index in [1.807, 2.05) is 0 Å². The molecule has 0 heterocycles. The molecule has 0 spiro atoms. The molecule has 0 fully saturated rings. The van der Waals surface area contributed by atoms with Crippen molar-refractivity contribution in [2.45, 2.75) is 63.5 Å². The molecule has 15 heteroatoms. The number of benzene rings is 2. The summed E-state index contributed by atoms with van der Waals surface area (Å²) < 4.78 is 39.0. The van der Waals surface area contributed by atoms with Crippen molar-refractivity contribution >= 4 is 29.6 Å². The average molecular weight is 624 g/mol. The topological polar surface area (TPSA) is 200 Å². The average Bonchev–Trinajstić information content (AvgIpc) is 2.96. The summed E-state index contributed by atoms with van der Waals surface area (Å²) >= 11 is 0. The number of phenolic OH excluding ortho intramolecular Hbond substituents is 1. The molecule has 0 saturated heterocycles. The maximum absolute atomic E-state index is 13.0. The molecule has 0 radical (unpaired) electrons. The highest BCUT2D eigenvalue weighted by Crippen LogP contribution is 2.29. The number of phenols is 1. The number of halogens is 3. The van der Waals surface area contributed by atoms with Gasteiger partial charge in [-0.1, -0.05) is 49.4 Å². The van der Waals surface area contributed by atoms with Crippen LogP contribution >= 0.6 is 0 Å². The highest BCUT2D eigenvalue weighted by atomic mass is 19.4. The van der Waals surface area contributed by atoms with Crippen molar-refractivity contribution in [3.63, 3.8) is 0 Å². The molecule has 0 bridgehead atoms. The van der Waals surface area contributed by atoms with Crippen LogP contribution in [-0.2, 0) is 36.8 Å². The summed E-state index contributed by atoms with van der Waals surface area (Å²) in [6, 6.07) is 8.96. The highest BCUT2D eigenvalue weighted by Gasteiger charge is 2.39. The molecular formula is C29H36F3N5O7. The van der Waals surface area contributed by atoms with E-state index in [1.165, 1.54) is 19.1 Å². The normalized spacial score (nSPS) is 14.7. The van der Waals surface area contributed by atoms with Crippen molar-refractivity contribution in [3.8, 4) is 5.75 Å². The minimum atomic E-state index is -4.68. The van der Waals surface area contributed by atoms with Gasteiger partial charge in [-0.05, 0) is 43.0 Å². The minimum Gasteiger partial charge on any atom is -0.508 e. The molecule has 2 aromatic rings. The van der Waals surface area contributed by atoms with Crippen LogP contribution in [0.4, 0.5) is 13.2 Å². The molecule has 0 aliphatic heterocycles. The van der Waals surface area contributed by atoms with Crippen LogP contribution in [-0.4, -0.2) is 76.7 Å². The fraction of sp³-hybridized carbons (Fsp3) is 0.414. The van der Waals surface area contributed by atoms with Crippen LogP contribution in [0.25, 0.3) is 0 Å². The Morgan fingerprint density at radius 2 is 1.39 bits per heavy atom. The Labute approximate surface area is 251 Å². The maximum Gasteiger partial charge on any atom is 0.391 e. The zero-order valence-electron chi connectivity index (χ0n) is 24.1. The number of nitrogens with one attached hydrogen (secondary N) is 4. The number of hydrogen-bond acceptors (Lipinski definition) is 7. The predicted octanol–water partition coefficient (Wildman–Crippen LogP) is 0.768. The quantitative estimate of drug-likeness (QED) is 0.151. The summed E-state index contributed by atoms with van der Waals surface area (Å²) in [6.07, 6.45) is -5.60. The Bertz CT molecular complexity index is 1290. The van der Waals surface area contributed by atoms with Crippen LogP contribution < -0.4 is 27.0 Å². The molecule has 5 atom stereocenters. The standard InChI is InChI=1S/C29H36F3N5O7/c1-16(29(30,31)32)12-23(28(43)44)37-27(42)22(14-18-6-4-3-5-7-18)36-24(39)15-34-25(40)17(2)35-26(41)21(33)13-19-8-10-20(38)11-9-19/h3-11,16-17,21-23,38H,12-15,33H2,1-2H3,(H,34,40)(H,35,41)(H,36,39)(H,37,42)(H,43,44)/t16-,17+,21-,22-,23+/m0/s1. The molecule has 0 saturated carbocycles. The summed E-state index contributed by atoms with van der Waals surface area (Å²) in [5.74, 6) is -6.92. The SMILES string of the molecule is C[C@@H](NC(=O)[C@@H](N)Cc1ccc(O)cc1)C(=O)NCC(=O)N[C@@H](Cc1ccccc1)C(=O)N[C@H](C[C@H](C)C(F)(F)F)C(=O)O. The van der Waals surface area contributed by atoms with Gasteiger partial charge in [0.1, 0.15) is 23.9 Å². The summed E-state index contributed by atoms with van der Waals surface area (Å²) in [5.41, 5.74) is 7.15. The van der Waals surface area contributed by atoms with E-state index in [4.69, 9.17) is 5.73 Å². The second kappa shape index (κ2) is 16.3. The summed E-state index contributed by atoms with van der Waals surface area (Å²) in [4.78, 5) is 62.2. The molecule has 0 aromatic heterocycles. The van der Waals surface area contributed by atoms with E-state index in [9.17, 15) is 47.4 Å². The fourth-order valence-corrected chi connectivity index (χ4v) is 3.97. The van der Waals surface area contributed by atoms with E-state index in [-0.39, 0.29) is 18.6 Å². The van der Waals surface area contributed by atoms with Crippen LogP contribution in [0.2, 0.25) is 0 Å². The van der Waals surface area contributed by atoms with E-state index in [0.29, 0.717) is 11.1 Å². The number of carbonyl (C=O) groups is 5. The minimum absolute atomic E-state index is 0.0492. The zero-order chi connectivity index (χ0) is 33.0. The Balaban J connectivity index is 1.98. The summed E-state index contributed by atoms with van der Waals surface area (Å²) in [7, 11) is 0. The van der Waals surface area contributed by atoms with Gasteiger partial charge in [-0.2, -0.15) is 13.2 Å². The third-order valence-corrected chi connectivity index (χ3v) is 6.60. The Morgan fingerprint density at radius 3 is 1.95 bits per heavy atom. The molecule has 4 amide bonds. The van der Waals surface area contributed by atoms with Gasteiger partial charge < -0.3 is 37.2 Å². The zero-order valence-corrected chi connectivity index (χ0v) is 24.1. The molecule has 12 nitrogen and oxygen atoms in total. The largest absolute Gasteiger partial charge is 0.508 e. The summed E-state index contributed by atoms with van der Waals surface area (Å²) in [5, 5.41) is 27.9. The molecule has 2 rings (SSSR count). The third-order valence-electron chi connectivity index (χ3n) is 6.60. The molecule has 8 N–H and O–H groups in total. The first kappa shape index (κ1) is 35.5. The monoisotopic (exact) mass is 623 g/mol. The van der Waals surface area contributed by atoms with E-state index in [0.717, 1.165) is 6.92 Å². The number of carboxylic acid groups (broad SMARTS) is 1. The van der Waals surface area contributed by atoms with Gasteiger partial charge in [-0.3, -0.25) is 19.2 Å². The van der Waals surface area contributed by atoms with Crippen LogP contribution in [0, 0.1) is 5.92 Å². The number of aromatic hydroxyl groups is 1. The number of aliphatic carboxylic acids is 1. The van der Waals surface area contributed by atoms with Crippen LogP contribution in [0.15, 0.2) is 54.6 Å². The number of hydrogen-bond donors (Lipinski definition) is 7. The lowest BCUT2D eigenvalue weighted by atomic mass is 10.00. The first-order chi connectivity index (χ1) is 20.6. The number of alkyl halides is 3. The van der Waals surface area contributed by atoms with E-state index in [2.05, 4.69) is 21.3 Å². The number of nitrogens with two attached hydrogens (primary N) is 1. The van der Waals surface area contributed by atoms with Gasteiger partial charge in [-0.25, -0.2) is 4.79 Å². The van der Waals surface area contributed by atoms with E-state index in [1.54, 1.807) is 42.5 Å². The second-order valence-corrected chi connectivity index (χ2v) is 10.3. The van der Waals surface area contributed by atoms with Gasteiger partial charge >= 0.3 is 12.1 Å². The number of carboxylic acids is 1. The molecule has 44 heavy (non-hydrogen) atoms. The van der Waals surface area contributed by atoms with E-state index >= 15 is 0 Å². The number of carbonyl (C=O) groups excluding carboxylic acids is 4. The Morgan fingerprint density at radius 1 is 0.795 bits per heavy atom. The molecule has 0 unspecified atom stereocenters. The van der Waals surface area contributed by atoms with Crippen molar-refractivity contribution in [1.29, 1.82) is 0 Å². The van der Waals surface area contributed by atoms with Gasteiger partial charge in [0.15, 0.2) is 0 Å². The van der Waals surface area contributed by atoms with Crippen molar-refractivity contribution in [2.24, 2.45) is 11.7 Å². The second-order valence-electron chi connectivity index (χ2n) is 10.3. The van der Waals surface area contributed by atoms with Crippen molar-refractivity contribution in [2.75, 3.05) is 6.54 Å². The van der Waals surface area contributed by atoms with Crippen LogP contribution in [0.1, 0.15) is 31.4 Å². The van der Waals surface area contributed by atoms with Crippen molar-refractivity contribution < 1.29 is 47.4 Å².